The van der Waals surface area contributed by atoms with Gasteiger partial charge >= 0.3 is 0 Å². The summed E-state index contributed by atoms with van der Waals surface area (Å²) < 4.78 is 29.3. The third-order valence-corrected chi connectivity index (χ3v) is 9.05. The van der Waals surface area contributed by atoms with E-state index < -0.39 is 28.5 Å². The van der Waals surface area contributed by atoms with E-state index in [-0.39, 0.29) is 23.4 Å². The monoisotopic (exact) mass is 597 g/mol. The first-order valence-electron chi connectivity index (χ1n) is 12.7. The fourth-order valence-electron chi connectivity index (χ4n) is 4.63. The number of nitrogens with zero attached hydrogens (tertiary/aromatic N) is 2. The fourth-order valence-corrected chi connectivity index (χ4v) is 6.45. The van der Waals surface area contributed by atoms with Gasteiger partial charge in [0.15, 0.2) is 0 Å². The molecule has 2 amide bonds. The molecule has 9 heteroatoms. The highest BCUT2D eigenvalue weighted by Gasteiger charge is 2.33. The maximum Gasteiger partial charge on any atom is 0.264 e. The number of hydrogen-bond donors (Lipinski definition) is 1. The van der Waals surface area contributed by atoms with Crippen molar-refractivity contribution in [3.63, 3.8) is 0 Å². The predicted octanol–water partition coefficient (Wildman–Crippen LogP) is 5.12. The second-order valence-corrected chi connectivity index (χ2v) is 12.3. The van der Waals surface area contributed by atoms with E-state index in [9.17, 15) is 18.0 Å². The van der Waals surface area contributed by atoms with Gasteiger partial charge in [-0.3, -0.25) is 13.9 Å². The summed E-state index contributed by atoms with van der Waals surface area (Å²) in [5, 5.41) is 3.08. The molecule has 0 aliphatic heterocycles. The van der Waals surface area contributed by atoms with Crippen LogP contribution in [0.15, 0.2) is 94.3 Å². The number of halogens is 1. The molecule has 3 aromatic rings. The second-order valence-electron chi connectivity index (χ2n) is 9.48. The van der Waals surface area contributed by atoms with Crippen LogP contribution in [0.25, 0.3) is 0 Å². The Labute approximate surface area is 233 Å². The Balaban J connectivity index is 1.66. The minimum absolute atomic E-state index is 0.0782. The van der Waals surface area contributed by atoms with Crippen LogP contribution >= 0.6 is 15.9 Å². The van der Waals surface area contributed by atoms with Crippen LogP contribution in [0.3, 0.4) is 0 Å². The number of hydrogen-bond acceptors (Lipinski definition) is 4. The zero-order valence-electron chi connectivity index (χ0n) is 21.3. The Hall–Kier alpha value is -3.17. The number of carbonyl (C=O) groups is 2. The van der Waals surface area contributed by atoms with Gasteiger partial charge in [0, 0.05) is 17.1 Å². The predicted molar refractivity (Wildman–Crippen MR) is 152 cm³/mol. The molecule has 0 radical (unpaired) electrons. The standard InChI is InChI=1S/C29H32BrN3O4S/c1-22(29(35)31-25-14-8-9-15-25)32(20-23-11-4-2-5-12-23)28(34)21-33(26-16-10-13-24(30)19-26)38(36,37)27-17-6-3-7-18-27/h2-7,10-13,16-19,22,25H,8-9,14-15,20-21H2,1H3,(H,31,35)/t22-/m1/s1. The summed E-state index contributed by atoms with van der Waals surface area (Å²) in [6.07, 6.45) is 4.00. The van der Waals surface area contributed by atoms with Crippen molar-refractivity contribution in [3.8, 4) is 0 Å². The van der Waals surface area contributed by atoms with E-state index in [4.69, 9.17) is 0 Å². The Morgan fingerprint density at radius 1 is 0.947 bits per heavy atom. The van der Waals surface area contributed by atoms with Crippen LogP contribution in [-0.2, 0) is 26.2 Å². The van der Waals surface area contributed by atoms with E-state index in [0.717, 1.165) is 35.6 Å². The summed E-state index contributed by atoms with van der Waals surface area (Å²) in [5.41, 5.74) is 1.19. The van der Waals surface area contributed by atoms with Crippen LogP contribution in [0.5, 0.6) is 0 Å². The molecule has 0 aromatic heterocycles. The molecule has 0 spiro atoms. The lowest BCUT2D eigenvalue weighted by Crippen LogP contribution is -2.52. The van der Waals surface area contributed by atoms with Crippen molar-refractivity contribution >= 4 is 43.5 Å². The van der Waals surface area contributed by atoms with Crippen molar-refractivity contribution in [2.24, 2.45) is 0 Å². The normalized spacial score (nSPS) is 14.6. The lowest BCUT2D eigenvalue weighted by molar-refractivity contribution is -0.139. The minimum Gasteiger partial charge on any atom is -0.352 e. The highest BCUT2D eigenvalue weighted by Crippen LogP contribution is 2.27. The van der Waals surface area contributed by atoms with Gasteiger partial charge in [-0.25, -0.2) is 8.42 Å². The summed E-state index contributed by atoms with van der Waals surface area (Å²) in [6, 6.07) is 23.6. The average Bonchev–Trinajstić information content (AvgIpc) is 3.44. The summed E-state index contributed by atoms with van der Waals surface area (Å²) >= 11 is 3.41. The lowest BCUT2D eigenvalue weighted by atomic mass is 10.1. The van der Waals surface area contributed by atoms with Gasteiger partial charge in [0.25, 0.3) is 10.0 Å². The van der Waals surface area contributed by atoms with Crippen LogP contribution in [0.4, 0.5) is 5.69 Å². The van der Waals surface area contributed by atoms with Gasteiger partial charge in [0.1, 0.15) is 12.6 Å². The Kier molecular flexibility index (Phi) is 9.22. The molecule has 1 N–H and O–H groups in total. The van der Waals surface area contributed by atoms with Gasteiger partial charge < -0.3 is 10.2 Å². The van der Waals surface area contributed by atoms with Crippen molar-refractivity contribution in [1.82, 2.24) is 10.2 Å². The Morgan fingerprint density at radius 3 is 2.21 bits per heavy atom. The maximum atomic E-state index is 13.9. The van der Waals surface area contributed by atoms with Crippen LogP contribution < -0.4 is 9.62 Å². The SMILES string of the molecule is C[C@H](C(=O)NC1CCCC1)N(Cc1ccccc1)C(=O)CN(c1cccc(Br)c1)S(=O)(=O)c1ccccc1. The van der Waals surface area contributed by atoms with E-state index in [2.05, 4.69) is 21.2 Å². The molecule has 1 aliphatic carbocycles. The molecule has 1 atom stereocenters. The molecule has 200 valence electrons. The number of rotatable bonds is 10. The average molecular weight is 599 g/mol. The summed E-state index contributed by atoms with van der Waals surface area (Å²) in [6.45, 7) is 1.42. The third kappa shape index (κ3) is 6.82. The zero-order valence-corrected chi connectivity index (χ0v) is 23.7. The number of sulfonamides is 1. The molecule has 1 fully saturated rings. The molecule has 0 heterocycles. The molecular formula is C29H32BrN3O4S. The van der Waals surface area contributed by atoms with Crippen LogP contribution in [0, 0.1) is 0 Å². The van der Waals surface area contributed by atoms with Crippen LogP contribution in [0.2, 0.25) is 0 Å². The molecule has 1 saturated carbocycles. The second kappa shape index (κ2) is 12.6. The van der Waals surface area contributed by atoms with E-state index in [1.54, 1.807) is 49.4 Å². The van der Waals surface area contributed by atoms with E-state index in [0.29, 0.717) is 10.2 Å². The number of carbonyl (C=O) groups excluding carboxylic acids is 2. The van der Waals surface area contributed by atoms with Crippen molar-refractivity contribution in [2.75, 3.05) is 10.8 Å². The summed E-state index contributed by atoms with van der Waals surface area (Å²) in [4.78, 5) is 28.7. The van der Waals surface area contributed by atoms with Crippen LogP contribution in [-0.4, -0.2) is 43.8 Å². The van der Waals surface area contributed by atoms with Gasteiger partial charge in [0.05, 0.1) is 10.6 Å². The van der Waals surface area contributed by atoms with Crippen molar-refractivity contribution < 1.29 is 18.0 Å². The van der Waals surface area contributed by atoms with Gasteiger partial charge in [-0.1, -0.05) is 83.4 Å². The molecule has 38 heavy (non-hydrogen) atoms. The van der Waals surface area contributed by atoms with E-state index in [1.165, 1.54) is 17.0 Å². The quantitative estimate of drug-likeness (QED) is 0.351. The molecule has 0 saturated heterocycles. The molecule has 1 aliphatic rings. The van der Waals surface area contributed by atoms with Gasteiger partial charge in [-0.05, 0) is 55.7 Å². The van der Waals surface area contributed by atoms with Crippen molar-refractivity contribution in [2.45, 2.75) is 56.1 Å². The molecule has 0 bridgehead atoms. The molecule has 3 aromatic carbocycles. The molecule has 0 unspecified atom stereocenters. The van der Waals surface area contributed by atoms with Gasteiger partial charge in [0.2, 0.25) is 11.8 Å². The van der Waals surface area contributed by atoms with E-state index in [1.807, 2.05) is 30.3 Å². The topological polar surface area (TPSA) is 86.8 Å². The number of anilines is 1. The van der Waals surface area contributed by atoms with Crippen molar-refractivity contribution in [3.05, 3.63) is 95.0 Å². The van der Waals surface area contributed by atoms with Crippen LogP contribution in [0.1, 0.15) is 38.2 Å². The fraction of sp³-hybridized carbons (Fsp3) is 0.310. The third-order valence-electron chi connectivity index (χ3n) is 6.77. The first-order valence-corrected chi connectivity index (χ1v) is 15.0. The van der Waals surface area contributed by atoms with Crippen molar-refractivity contribution in [1.29, 1.82) is 0 Å². The number of amides is 2. The molecule has 7 nitrogen and oxygen atoms in total. The largest absolute Gasteiger partial charge is 0.352 e. The Morgan fingerprint density at radius 2 is 1.58 bits per heavy atom. The minimum atomic E-state index is -4.07. The van der Waals surface area contributed by atoms with Gasteiger partial charge in [-0.15, -0.1) is 0 Å². The molecular weight excluding hydrogens is 566 g/mol. The maximum absolute atomic E-state index is 13.9. The highest BCUT2D eigenvalue weighted by molar-refractivity contribution is 9.10. The lowest BCUT2D eigenvalue weighted by Gasteiger charge is -2.32. The number of benzene rings is 3. The highest BCUT2D eigenvalue weighted by atomic mass is 79.9. The zero-order chi connectivity index (χ0) is 27.1. The smallest absolute Gasteiger partial charge is 0.264 e. The van der Waals surface area contributed by atoms with E-state index >= 15 is 0 Å². The first-order chi connectivity index (χ1) is 18.3. The first kappa shape index (κ1) is 27.9. The summed E-state index contributed by atoms with van der Waals surface area (Å²) in [5.74, 6) is -0.705. The van der Waals surface area contributed by atoms with Gasteiger partial charge in [-0.2, -0.15) is 0 Å². The Bertz CT molecular complexity index is 1350. The number of nitrogens with one attached hydrogen (secondary N) is 1. The molecule has 4 rings (SSSR count). The summed E-state index contributed by atoms with van der Waals surface area (Å²) in [7, 11) is -4.07.